The van der Waals surface area contributed by atoms with E-state index >= 15 is 0 Å². The molecule has 0 bridgehead atoms. The summed E-state index contributed by atoms with van der Waals surface area (Å²) in [6.45, 7) is 0. The summed E-state index contributed by atoms with van der Waals surface area (Å²) in [7, 11) is 1.31. The molecule has 4 rings (SSSR count). The van der Waals surface area contributed by atoms with E-state index in [4.69, 9.17) is 4.74 Å². The number of rotatable bonds is 1. The predicted molar refractivity (Wildman–Crippen MR) is 85.2 cm³/mol. The van der Waals surface area contributed by atoms with E-state index in [-0.39, 0.29) is 5.75 Å². The van der Waals surface area contributed by atoms with Gasteiger partial charge < -0.3 is 14.6 Å². The summed E-state index contributed by atoms with van der Waals surface area (Å²) in [5, 5.41) is 9.77. The molecule has 23 heavy (non-hydrogen) atoms. The third kappa shape index (κ3) is 2.27. The molecule has 2 aromatic rings. The quantitative estimate of drug-likeness (QED) is 0.818. The van der Waals surface area contributed by atoms with Gasteiger partial charge in [-0.25, -0.2) is 4.79 Å². The average Bonchev–Trinajstić information content (AvgIpc) is 2.78. The zero-order chi connectivity index (χ0) is 16.0. The molecule has 116 valence electrons. The van der Waals surface area contributed by atoms with Crippen molar-refractivity contribution in [1.82, 2.24) is 0 Å². The van der Waals surface area contributed by atoms with Crippen molar-refractivity contribution in [2.24, 2.45) is 0 Å². The number of carbonyl (C=O) groups excluding carboxylic acids is 1. The Kier molecular flexibility index (Phi) is 3.11. The first kappa shape index (κ1) is 13.9. The lowest BCUT2D eigenvalue weighted by molar-refractivity contribution is 0.0965. The van der Waals surface area contributed by atoms with Crippen molar-refractivity contribution in [1.29, 1.82) is 0 Å². The molecule has 0 fully saturated rings. The van der Waals surface area contributed by atoms with E-state index in [2.05, 4.69) is 16.9 Å². The van der Waals surface area contributed by atoms with Crippen LogP contribution in [0.5, 0.6) is 5.75 Å². The van der Waals surface area contributed by atoms with Gasteiger partial charge in [-0.2, -0.15) is 0 Å². The second-order valence-electron chi connectivity index (χ2n) is 5.89. The summed E-state index contributed by atoms with van der Waals surface area (Å²) in [4.78, 5) is 11.5. The molecule has 0 heterocycles. The molecule has 2 aliphatic rings. The molecule has 1 N–H and O–H groups in total. The van der Waals surface area contributed by atoms with Crippen molar-refractivity contribution in [2.75, 3.05) is 7.11 Å². The summed E-state index contributed by atoms with van der Waals surface area (Å²) >= 11 is 0. The zero-order valence-corrected chi connectivity index (χ0v) is 12.8. The number of methoxy groups -OCH3 is 1. The SMILES string of the molecule is COC(=O)OC1=C2Cc3ccc(O)cc3Cc3cccc(c32)C1. The van der Waals surface area contributed by atoms with Crippen molar-refractivity contribution >= 4 is 11.7 Å². The fourth-order valence-corrected chi connectivity index (χ4v) is 3.53. The molecule has 0 radical (unpaired) electrons. The summed E-state index contributed by atoms with van der Waals surface area (Å²) < 4.78 is 10.0. The maximum atomic E-state index is 11.5. The highest BCUT2D eigenvalue weighted by Gasteiger charge is 2.30. The molecule has 0 atom stereocenters. The van der Waals surface area contributed by atoms with Crippen LogP contribution in [0.3, 0.4) is 0 Å². The van der Waals surface area contributed by atoms with E-state index in [9.17, 15) is 9.90 Å². The number of carbonyl (C=O) groups is 1. The van der Waals surface area contributed by atoms with E-state index in [1.54, 1.807) is 6.07 Å². The number of hydrogen-bond acceptors (Lipinski definition) is 4. The third-order valence-electron chi connectivity index (χ3n) is 4.54. The number of benzene rings is 2. The Bertz CT molecular complexity index is 848. The van der Waals surface area contributed by atoms with Crippen molar-refractivity contribution < 1.29 is 19.4 Å². The first-order valence-electron chi connectivity index (χ1n) is 7.55. The Morgan fingerprint density at radius 1 is 1.00 bits per heavy atom. The zero-order valence-electron chi connectivity index (χ0n) is 12.8. The molecule has 0 aromatic heterocycles. The molecular formula is C19H16O4. The predicted octanol–water partition coefficient (Wildman–Crippen LogP) is 3.59. The Balaban J connectivity index is 1.87. The molecule has 0 saturated heterocycles. The smallest absolute Gasteiger partial charge is 0.508 e. The number of phenols is 1. The van der Waals surface area contributed by atoms with Crippen LogP contribution >= 0.6 is 0 Å². The average molecular weight is 308 g/mol. The molecule has 0 aliphatic heterocycles. The largest absolute Gasteiger partial charge is 0.513 e. The lowest BCUT2D eigenvalue weighted by Crippen LogP contribution is -2.05. The highest BCUT2D eigenvalue weighted by molar-refractivity contribution is 5.82. The van der Waals surface area contributed by atoms with Crippen LogP contribution in [0.4, 0.5) is 4.79 Å². The van der Waals surface area contributed by atoms with Crippen LogP contribution in [0, 0.1) is 0 Å². The lowest BCUT2D eigenvalue weighted by atomic mass is 9.97. The van der Waals surface area contributed by atoms with Gasteiger partial charge in [0.25, 0.3) is 0 Å². The molecule has 2 aromatic carbocycles. The second-order valence-corrected chi connectivity index (χ2v) is 5.89. The van der Waals surface area contributed by atoms with E-state index in [1.165, 1.54) is 23.8 Å². The van der Waals surface area contributed by atoms with Crippen molar-refractivity contribution in [3.8, 4) is 5.75 Å². The van der Waals surface area contributed by atoms with E-state index in [1.807, 2.05) is 18.2 Å². The summed E-state index contributed by atoms with van der Waals surface area (Å²) in [6.07, 6.45) is 1.38. The highest BCUT2D eigenvalue weighted by atomic mass is 16.7. The minimum absolute atomic E-state index is 0.275. The summed E-state index contributed by atoms with van der Waals surface area (Å²) in [5.74, 6) is 0.942. The number of fused-ring (bicyclic) bond motifs is 1. The van der Waals surface area contributed by atoms with Gasteiger partial charge in [-0.3, -0.25) is 0 Å². The third-order valence-corrected chi connectivity index (χ3v) is 4.54. The topological polar surface area (TPSA) is 55.8 Å². The van der Waals surface area contributed by atoms with Crippen molar-refractivity contribution in [2.45, 2.75) is 19.3 Å². The number of hydrogen-bond donors (Lipinski definition) is 1. The van der Waals surface area contributed by atoms with E-state index in [0.29, 0.717) is 18.6 Å². The van der Waals surface area contributed by atoms with Gasteiger partial charge in [-0.05, 0) is 46.4 Å². The number of aromatic hydroxyl groups is 1. The van der Waals surface area contributed by atoms with Gasteiger partial charge >= 0.3 is 6.16 Å². The van der Waals surface area contributed by atoms with Crippen LogP contribution in [-0.4, -0.2) is 18.4 Å². The molecule has 0 saturated carbocycles. The molecular weight excluding hydrogens is 292 g/mol. The summed E-state index contributed by atoms with van der Waals surface area (Å²) in [5.41, 5.74) is 6.86. The minimum atomic E-state index is -0.683. The van der Waals surface area contributed by atoms with E-state index < -0.39 is 6.16 Å². The van der Waals surface area contributed by atoms with Crippen LogP contribution in [0.25, 0.3) is 5.57 Å². The van der Waals surface area contributed by atoms with Crippen LogP contribution in [0.1, 0.15) is 27.8 Å². The fraction of sp³-hybridized carbons (Fsp3) is 0.211. The molecule has 4 heteroatoms. The van der Waals surface area contributed by atoms with Gasteiger partial charge in [0.15, 0.2) is 0 Å². The fourth-order valence-electron chi connectivity index (χ4n) is 3.53. The maximum Gasteiger partial charge on any atom is 0.513 e. The Morgan fingerprint density at radius 2 is 1.78 bits per heavy atom. The number of phenolic OH excluding ortho intramolecular Hbond substituents is 1. The minimum Gasteiger partial charge on any atom is -0.508 e. The van der Waals surface area contributed by atoms with Gasteiger partial charge in [0.2, 0.25) is 0 Å². The first-order valence-corrected chi connectivity index (χ1v) is 7.55. The van der Waals surface area contributed by atoms with Crippen LogP contribution in [-0.2, 0) is 28.7 Å². The molecule has 0 amide bonds. The molecule has 4 nitrogen and oxygen atoms in total. The Hall–Kier alpha value is -2.75. The van der Waals surface area contributed by atoms with Crippen LogP contribution in [0.15, 0.2) is 42.2 Å². The van der Waals surface area contributed by atoms with Crippen molar-refractivity contribution in [3.05, 3.63) is 70.0 Å². The van der Waals surface area contributed by atoms with Crippen LogP contribution in [0.2, 0.25) is 0 Å². The Labute approximate surface area is 134 Å². The number of ether oxygens (including phenoxy) is 2. The monoisotopic (exact) mass is 308 g/mol. The van der Waals surface area contributed by atoms with Gasteiger partial charge in [0, 0.05) is 18.4 Å². The Morgan fingerprint density at radius 3 is 2.57 bits per heavy atom. The molecule has 0 spiro atoms. The lowest BCUT2D eigenvalue weighted by Gasteiger charge is -2.09. The standard InChI is InChI=1S/C19H16O4/c1-22-19(21)23-17-10-13-4-2-3-12-7-14-8-15(20)6-5-11(14)9-16(17)18(12)13/h2-6,8,20H,7,9-10H2,1H3. The maximum absolute atomic E-state index is 11.5. The summed E-state index contributed by atoms with van der Waals surface area (Å²) in [6, 6.07) is 11.7. The van der Waals surface area contributed by atoms with Gasteiger partial charge in [0.1, 0.15) is 11.5 Å². The van der Waals surface area contributed by atoms with Crippen LogP contribution < -0.4 is 0 Å². The molecule has 0 unspecified atom stereocenters. The van der Waals surface area contributed by atoms with E-state index in [0.717, 1.165) is 23.1 Å². The first-order chi connectivity index (χ1) is 11.2. The highest BCUT2D eigenvalue weighted by Crippen LogP contribution is 2.42. The second kappa shape index (κ2) is 5.16. The van der Waals surface area contributed by atoms with Gasteiger partial charge in [-0.1, -0.05) is 24.3 Å². The van der Waals surface area contributed by atoms with Crippen molar-refractivity contribution in [3.63, 3.8) is 0 Å². The van der Waals surface area contributed by atoms with Gasteiger partial charge in [0.05, 0.1) is 7.11 Å². The van der Waals surface area contributed by atoms with Gasteiger partial charge in [-0.15, -0.1) is 0 Å². The molecule has 2 aliphatic carbocycles. The number of allylic oxidation sites excluding steroid dienone is 2. The normalized spacial score (nSPS) is 14.8.